The van der Waals surface area contributed by atoms with Crippen LogP contribution in [0.5, 0.6) is 0 Å². The van der Waals surface area contributed by atoms with Gasteiger partial charge in [-0.2, -0.15) is 0 Å². The van der Waals surface area contributed by atoms with E-state index in [1.807, 2.05) is 0 Å². The van der Waals surface area contributed by atoms with Crippen LogP contribution < -0.4 is 5.32 Å². The second kappa shape index (κ2) is 5.83. The van der Waals surface area contributed by atoms with Gasteiger partial charge < -0.3 is 0 Å². The van der Waals surface area contributed by atoms with Crippen LogP contribution in [-0.2, 0) is 0 Å². The second-order valence-electron chi connectivity index (χ2n) is 3.64. The smallest absolute Gasteiger partial charge is 0.0691 e. The zero-order valence-corrected chi connectivity index (χ0v) is 8.42. The largest absolute Gasteiger partial charge is 0.297 e. The highest BCUT2D eigenvalue weighted by atomic mass is 14.9. The maximum atomic E-state index is 5.44. The van der Waals surface area contributed by atoms with Crippen LogP contribution >= 0.6 is 0 Å². The lowest BCUT2D eigenvalue weighted by atomic mass is 10.0. The quantitative estimate of drug-likeness (QED) is 0.514. The Morgan fingerprint density at radius 2 is 2.54 bits per heavy atom. The van der Waals surface area contributed by atoms with Crippen molar-refractivity contribution in [3.05, 3.63) is 12.2 Å². The lowest BCUT2D eigenvalue weighted by molar-refractivity contribution is 0.470. The van der Waals surface area contributed by atoms with Gasteiger partial charge in [-0.15, -0.1) is 6.42 Å². The Hall–Kier alpha value is -0.740. The molecule has 0 aromatic heterocycles. The maximum absolute atomic E-state index is 5.44. The summed E-state index contributed by atoms with van der Waals surface area (Å²) in [7, 11) is 0. The topological polar surface area (TPSA) is 12.0 Å². The summed E-state index contributed by atoms with van der Waals surface area (Å²) >= 11 is 0. The third-order valence-corrected chi connectivity index (χ3v) is 2.45. The van der Waals surface area contributed by atoms with Crippen molar-refractivity contribution in [2.75, 3.05) is 0 Å². The highest BCUT2D eigenvalue weighted by molar-refractivity contribution is 5.05. The molecule has 0 radical (unpaired) electrons. The first-order valence-corrected chi connectivity index (χ1v) is 5.25. The lowest BCUT2D eigenvalue weighted by Gasteiger charge is -2.21. The molecule has 0 aromatic carbocycles. The molecule has 0 spiro atoms. The van der Waals surface area contributed by atoms with Crippen LogP contribution in [0.2, 0.25) is 0 Å². The molecule has 1 rings (SSSR count). The predicted molar refractivity (Wildman–Crippen MR) is 57.4 cm³/mol. The number of nitrogens with one attached hydrogen (secondary N) is 1. The Bertz CT molecular complexity index is 200. The summed E-state index contributed by atoms with van der Waals surface area (Å²) in [5.41, 5.74) is 0. The van der Waals surface area contributed by atoms with Crippen molar-refractivity contribution in [1.82, 2.24) is 5.32 Å². The van der Waals surface area contributed by atoms with Gasteiger partial charge in [0.05, 0.1) is 6.04 Å². The Morgan fingerprint density at radius 1 is 1.69 bits per heavy atom. The molecule has 0 aromatic rings. The van der Waals surface area contributed by atoms with E-state index in [9.17, 15) is 0 Å². The molecule has 1 nitrogen and oxygen atoms in total. The molecule has 1 N–H and O–H groups in total. The standard InChI is InChI=1S/C12H19N/c1-3-8-11(4-2)13-12-9-6-5-7-10-12/h2,6,9,11-13H,3,5,7-8,10H2,1H3. The minimum absolute atomic E-state index is 0.262. The van der Waals surface area contributed by atoms with Crippen LogP contribution in [0.3, 0.4) is 0 Å². The molecule has 13 heavy (non-hydrogen) atoms. The summed E-state index contributed by atoms with van der Waals surface area (Å²) in [6, 6.07) is 0.777. The highest BCUT2D eigenvalue weighted by Gasteiger charge is 2.11. The van der Waals surface area contributed by atoms with Crippen molar-refractivity contribution in [2.24, 2.45) is 0 Å². The van der Waals surface area contributed by atoms with E-state index in [4.69, 9.17) is 6.42 Å². The lowest BCUT2D eigenvalue weighted by Crippen LogP contribution is -2.36. The molecule has 0 saturated heterocycles. The van der Waals surface area contributed by atoms with Crippen LogP contribution in [0.25, 0.3) is 0 Å². The number of allylic oxidation sites excluding steroid dienone is 1. The van der Waals surface area contributed by atoms with Crippen LogP contribution in [0.1, 0.15) is 39.0 Å². The average Bonchev–Trinajstić information content (AvgIpc) is 2.19. The van der Waals surface area contributed by atoms with Crippen LogP contribution in [0.15, 0.2) is 12.2 Å². The fourth-order valence-corrected chi connectivity index (χ4v) is 1.71. The summed E-state index contributed by atoms with van der Waals surface area (Å²) in [5.74, 6) is 2.81. The van der Waals surface area contributed by atoms with E-state index < -0.39 is 0 Å². The minimum Gasteiger partial charge on any atom is -0.297 e. The van der Waals surface area contributed by atoms with Crippen molar-refractivity contribution in [1.29, 1.82) is 0 Å². The molecule has 1 aliphatic carbocycles. The van der Waals surface area contributed by atoms with Crippen molar-refractivity contribution >= 4 is 0 Å². The van der Waals surface area contributed by atoms with Gasteiger partial charge in [0.2, 0.25) is 0 Å². The van der Waals surface area contributed by atoms with Crippen LogP contribution in [0.4, 0.5) is 0 Å². The van der Waals surface area contributed by atoms with Gasteiger partial charge in [0, 0.05) is 6.04 Å². The molecular formula is C12H19N. The Morgan fingerprint density at radius 3 is 3.08 bits per heavy atom. The summed E-state index contributed by atoms with van der Waals surface area (Å²) in [4.78, 5) is 0. The van der Waals surface area contributed by atoms with Gasteiger partial charge in [0.25, 0.3) is 0 Å². The molecule has 0 saturated carbocycles. The molecular weight excluding hydrogens is 158 g/mol. The third-order valence-electron chi connectivity index (χ3n) is 2.45. The van der Waals surface area contributed by atoms with Crippen molar-refractivity contribution in [2.45, 2.75) is 51.1 Å². The minimum atomic E-state index is 0.262. The molecule has 0 bridgehead atoms. The monoisotopic (exact) mass is 177 g/mol. The Labute approximate surface area is 81.6 Å². The van der Waals surface area contributed by atoms with Gasteiger partial charge in [0.1, 0.15) is 0 Å². The molecule has 72 valence electrons. The van der Waals surface area contributed by atoms with E-state index in [-0.39, 0.29) is 6.04 Å². The SMILES string of the molecule is C#CC(CCC)NC1C=CCCC1. The summed E-state index contributed by atoms with van der Waals surface area (Å²) in [6.07, 6.45) is 15.9. The fourth-order valence-electron chi connectivity index (χ4n) is 1.71. The molecule has 1 aliphatic rings. The number of rotatable bonds is 4. The summed E-state index contributed by atoms with van der Waals surface area (Å²) < 4.78 is 0. The first-order valence-electron chi connectivity index (χ1n) is 5.25. The maximum Gasteiger partial charge on any atom is 0.0691 e. The zero-order valence-electron chi connectivity index (χ0n) is 8.42. The van der Waals surface area contributed by atoms with Gasteiger partial charge >= 0.3 is 0 Å². The van der Waals surface area contributed by atoms with Crippen LogP contribution in [-0.4, -0.2) is 12.1 Å². The van der Waals surface area contributed by atoms with Gasteiger partial charge in [-0.3, -0.25) is 5.32 Å². The van der Waals surface area contributed by atoms with E-state index >= 15 is 0 Å². The Kier molecular flexibility index (Phi) is 4.64. The van der Waals surface area contributed by atoms with Crippen molar-refractivity contribution in [3.8, 4) is 12.3 Å². The van der Waals surface area contributed by atoms with E-state index in [0.29, 0.717) is 6.04 Å². The highest BCUT2D eigenvalue weighted by Crippen LogP contribution is 2.11. The molecule has 2 atom stereocenters. The van der Waals surface area contributed by atoms with Crippen molar-refractivity contribution in [3.63, 3.8) is 0 Å². The number of terminal acetylenes is 1. The molecule has 0 amide bonds. The fraction of sp³-hybridized carbons (Fsp3) is 0.667. The second-order valence-corrected chi connectivity index (χ2v) is 3.64. The number of hydrogen-bond donors (Lipinski definition) is 1. The third kappa shape index (κ3) is 3.65. The average molecular weight is 177 g/mol. The number of hydrogen-bond acceptors (Lipinski definition) is 1. The molecule has 1 heteroatoms. The first kappa shape index (κ1) is 10.3. The normalized spacial score (nSPS) is 23.8. The molecule has 2 unspecified atom stereocenters. The summed E-state index contributed by atoms with van der Waals surface area (Å²) in [6.45, 7) is 2.17. The first-order chi connectivity index (χ1) is 6.36. The van der Waals surface area contributed by atoms with Gasteiger partial charge in [-0.25, -0.2) is 0 Å². The van der Waals surface area contributed by atoms with Crippen LogP contribution in [0, 0.1) is 12.3 Å². The molecule has 0 fully saturated rings. The Balaban J connectivity index is 2.32. The molecule has 0 aliphatic heterocycles. The van der Waals surface area contributed by atoms with Gasteiger partial charge in [-0.1, -0.05) is 31.4 Å². The zero-order chi connectivity index (χ0) is 9.52. The van der Waals surface area contributed by atoms with E-state index in [1.54, 1.807) is 0 Å². The predicted octanol–water partition coefficient (Wildman–Crippen LogP) is 2.49. The van der Waals surface area contributed by atoms with Gasteiger partial charge in [0.15, 0.2) is 0 Å². The van der Waals surface area contributed by atoms with E-state index in [1.165, 1.54) is 19.3 Å². The van der Waals surface area contributed by atoms with E-state index in [0.717, 1.165) is 12.8 Å². The van der Waals surface area contributed by atoms with E-state index in [2.05, 4.69) is 30.3 Å². The van der Waals surface area contributed by atoms with Crippen molar-refractivity contribution < 1.29 is 0 Å². The molecule has 0 heterocycles. The van der Waals surface area contributed by atoms with Gasteiger partial charge in [-0.05, 0) is 25.7 Å². The summed E-state index contributed by atoms with van der Waals surface area (Å²) in [5, 5.41) is 3.48.